The van der Waals surface area contributed by atoms with E-state index < -0.39 is 0 Å². The molecule has 0 radical (unpaired) electrons. The second-order valence-electron chi connectivity index (χ2n) is 4.99. The van der Waals surface area contributed by atoms with Crippen molar-refractivity contribution in [3.63, 3.8) is 0 Å². The lowest BCUT2D eigenvalue weighted by Crippen LogP contribution is -2.22. The van der Waals surface area contributed by atoms with Gasteiger partial charge in [0.05, 0.1) is 6.04 Å². The lowest BCUT2D eigenvalue weighted by Gasteiger charge is -2.21. The summed E-state index contributed by atoms with van der Waals surface area (Å²) in [4.78, 5) is 4.20. The summed E-state index contributed by atoms with van der Waals surface area (Å²) in [5.74, 6) is 0. The highest BCUT2D eigenvalue weighted by Crippen LogP contribution is 2.29. The number of fused-ring (bicyclic) bond motifs is 1. The van der Waals surface area contributed by atoms with Gasteiger partial charge in [0.2, 0.25) is 0 Å². The molecule has 1 heterocycles. The smallest absolute Gasteiger partial charge is 0.0583 e. The van der Waals surface area contributed by atoms with Crippen molar-refractivity contribution in [2.45, 2.75) is 13.0 Å². The Bertz CT molecular complexity index is 750. The Morgan fingerprint density at radius 1 is 1.14 bits per heavy atom. The molecule has 0 bridgehead atoms. The van der Waals surface area contributed by atoms with E-state index in [1.807, 2.05) is 30.6 Å². The number of hydrogen-bond donors (Lipinski definition) is 1. The predicted octanol–water partition coefficient (Wildman–Crippen LogP) is 4.59. The quantitative estimate of drug-likeness (QED) is 0.762. The first-order valence-electron chi connectivity index (χ1n) is 7.11. The van der Waals surface area contributed by atoms with Gasteiger partial charge in [0.15, 0.2) is 0 Å². The largest absolute Gasteiger partial charge is 0.307 e. The Kier molecular flexibility index (Phi) is 4.18. The van der Waals surface area contributed by atoms with Gasteiger partial charge in [0.25, 0.3) is 0 Å². The fourth-order valence-electron chi connectivity index (χ4n) is 2.70. The van der Waals surface area contributed by atoms with Crippen LogP contribution in [-0.2, 0) is 0 Å². The maximum absolute atomic E-state index is 6.16. The Hall–Kier alpha value is -1.90. The molecule has 1 aromatic heterocycles. The zero-order valence-corrected chi connectivity index (χ0v) is 12.6. The van der Waals surface area contributed by atoms with Crippen molar-refractivity contribution in [3.8, 4) is 0 Å². The van der Waals surface area contributed by atoms with Crippen LogP contribution < -0.4 is 5.32 Å². The third-order valence-electron chi connectivity index (χ3n) is 3.62. The molecular weight excluding hydrogens is 280 g/mol. The number of pyridine rings is 1. The summed E-state index contributed by atoms with van der Waals surface area (Å²) in [6, 6.07) is 16.6. The molecule has 3 rings (SSSR count). The molecule has 0 aliphatic heterocycles. The minimum Gasteiger partial charge on any atom is -0.307 e. The SMILES string of the molecule is CCNC(c1cccc(Cl)c1)c1cccc2cnccc12. The van der Waals surface area contributed by atoms with Crippen molar-refractivity contribution >= 4 is 22.4 Å². The molecule has 3 heteroatoms. The number of hydrogen-bond acceptors (Lipinski definition) is 2. The minimum atomic E-state index is 0.125. The van der Waals surface area contributed by atoms with Gasteiger partial charge in [-0.05, 0) is 41.3 Å². The normalized spacial score (nSPS) is 12.5. The molecule has 1 N–H and O–H groups in total. The summed E-state index contributed by atoms with van der Waals surface area (Å²) in [6.07, 6.45) is 3.74. The highest BCUT2D eigenvalue weighted by atomic mass is 35.5. The fourth-order valence-corrected chi connectivity index (χ4v) is 2.90. The molecular formula is C18H17ClN2. The number of nitrogens with one attached hydrogen (secondary N) is 1. The number of benzene rings is 2. The van der Waals surface area contributed by atoms with Gasteiger partial charge in [-0.25, -0.2) is 0 Å². The third kappa shape index (κ3) is 2.92. The molecule has 106 valence electrons. The molecule has 0 spiro atoms. The zero-order valence-electron chi connectivity index (χ0n) is 11.9. The molecule has 0 amide bonds. The van der Waals surface area contributed by atoms with E-state index >= 15 is 0 Å². The van der Waals surface area contributed by atoms with E-state index in [1.165, 1.54) is 16.5 Å². The van der Waals surface area contributed by atoms with Crippen LogP contribution in [-0.4, -0.2) is 11.5 Å². The molecule has 21 heavy (non-hydrogen) atoms. The van der Waals surface area contributed by atoms with Gasteiger partial charge >= 0.3 is 0 Å². The van der Waals surface area contributed by atoms with Crippen molar-refractivity contribution in [1.29, 1.82) is 0 Å². The van der Waals surface area contributed by atoms with Gasteiger partial charge < -0.3 is 5.32 Å². The number of rotatable bonds is 4. The van der Waals surface area contributed by atoms with Crippen molar-refractivity contribution in [2.75, 3.05) is 6.54 Å². The molecule has 0 saturated carbocycles. The highest BCUT2D eigenvalue weighted by molar-refractivity contribution is 6.30. The maximum atomic E-state index is 6.16. The Labute approximate surface area is 129 Å². The molecule has 0 fully saturated rings. The molecule has 2 aromatic carbocycles. The van der Waals surface area contributed by atoms with E-state index in [0.29, 0.717) is 0 Å². The van der Waals surface area contributed by atoms with E-state index in [0.717, 1.165) is 17.0 Å². The highest BCUT2D eigenvalue weighted by Gasteiger charge is 2.15. The van der Waals surface area contributed by atoms with Gasteiger partial charge in [-0.15, -0.1) is 0 Å². The van der Waals surface area contributed by atoms with E-state index in [9.17, 15) is 0 Å². The van der Waals surface area contributed by atoms with Crippen LogP contribution in [0.4, 0.5) is 0 Å². The second-order valence-corrected chi connectivity index (χ2v) is 5.43. The first-order valence-corrected chi connectivity index (χ1v) is 7.49. The van der Waals surface area contributed by atoms with Crippen LogP contribution in [0.25, 0.3) is 10.8 Å². The van der Waals surface area contributed by atoms with Gasteiger partial charge in [0.1, 0.15) is 0 Å². The minimum absolute atomic E-state index is 0.125. The van der Waals surface area contributed by atoms with Gasteiger partial charge in [-0.3, -0.25) is 4.98 Å². The lowest BCUT2D eigenvalue weighted by atomic mass is 9.94. The van der Waals surface area contributed by atoms with E-state index in [4.69, 9.17) is 11.6 Å². The lowest BCUT2D eigenvalue weighted by molar-refractivity contribution is 0.634. The monoisotopic (exact) mass is 296 g/mol. The fraction of sp³-hybridized carbons (Fsp3) is 0.167. The maximum Gasteiger partial charge on any atom is 0.0583 e. The van der Waals surface area contributed by atoms with Crippen LogP contribution in [0.5, 0.6) is 0 Å². The second kappa shape index (κ2) is 6.25. The number of halogens is 1. The molecule has 0 saturated heterocycles. The van der Waals surface area contributed by atoms with E-state index in [2.05, 4.69) is 47.6 Å². The van der Waals surface area contributed by atoms with Crippen LogP contribution in [0.15, 0.2) is 60.9 Å². The summed E-state index contributed by atoms with van der Waals surface area (Å²) in [5.41, 5.74) is 2.42. The standard InChI is InChI=1S/C18H17ClN2/c1-2-21-18(13-5-3-7-15(19)11-13)17-8-4-6-14-12-20-10-9-16(14)17/h3-12,18,21H,2H2,1H3. The van der Waals surface area contributed by atoms with Crippen LogP contribution in [0, 0.1) is 0 Å². The first kappa shape index (κ1) is 14.1. The van der Waals surface area contributed by atoms with Crippen LogP contribution in [0.2, 0.25) is 5.02 Å². The van der Waals surface area contributed by atoms with Crippen LogP contribution in [0.3, 0.4) is 0 Å². The van der Waals surface area contributed by atoms with Gasteiger partial charge in [-0.2, -0.15) is 0 Å². The zero-order chi connectivity index (χ0) is 14.7. The van der Waals surface area contributed by atoms with Crippen molar-refractivity contribution in [3.05, 3.63) is 77.1 Å². The number of nitrogens with zero attached hydrogens (tertiary/aromatic N) is 1. The molecule has 2 nitrogen and oxygen atoms in total. The molecule has 1 unspecified atom stereocenters. The van der Waals surface area contributed by atoms with Gasteiger partial charge in [0, 0.05) is 22.8 Å². The molecule has 0 aliphatic carbocycles. The van der Waals surface area contributed by atoms with E-state index in [-0.39, 0.29) is 6.04 Å². The Morgan fingerprint density at radius 2 is 2.00 bits per heavy atom. The summed E-state index contributed by atoms with van der Waals surface area (Å²) < 4.78 is 0. The topological polar surface area (TPSA) is 24.9 Å². The summed E-state index contributed by atoms with van der Waals surface area (Å²) >= 11 is 6.16. The summed E-state index contributed by atoms with van der Waals surface area (Å²) in [6.45, 7) is 3.00. The van der Waals surface area contributed by atoms with Gasteiger partial charge in [-0.1, -0.05) is 48.9 Å². The number of aromatic nitrogens is 1. The van der Waals surface area contributed by atoms with Crippen LogP contribution in [0.1, 0.15) is 24.1 Å². The molecule has 3 aromatic rings. The van der Waals surface area contributed by atoms with Crippen molar-refractivity contribution < 1.29 is 0 Å². The summed E-state index contributed by atoms with van der Waals surface area (Å²) in [5, 5.41) is 6.69. The Morgan fingerprint density at radius 3 is 2.81 bits per heavy atom. The Balaban J connectivity index is 2.16. The summed E-state index contributed by atoms with van der Waals surface area (Å²) in [7, 11) is 0. The third-order valence-corrected chi connectivity index (χ3v) is 3.85. The predicted molar refractivity (Wildman–Crippen MR) is 88.7 cm³/mol. The van der Waals surface area contributed by atoms with E-state index in [1.54, 1.807) is 0 Å². The van der Waals surface area contributed by atoms with Crippen molar-refractivity contribution in [1.82, 2.24) is 10.3 Å². The molecule has 0 aliphatic rings. The van der Waals surface area contributed by atoms with Crippen LogP contribution >= 0.6 is 11.6 Å². The average molecular weight is 297 g/mol. The first-order chi connectivity index (χ1) is 10.3. The van der Waals surface area contributed by atoms with Crippen molar-refractivity contribution in [2.24, 2.45) is 0 Å². The molecule has 1 atom stereocenters. The average Bonchev–Trinajstić information content (AvgIpc) is 2.52.